The van der Waals surface area contributed by atoms with E-state index in [-0.39, 0.29) is 23.7 Å². The van der Waals surface area contributed by atoms with E-state index in [0.29, 0.717) is 37.7 Å². The van der Waals surface area contributed by atoms with Crippen molar-refractivity contribution < 1.29 is 18.7 Å². The molecule has 0 saturated carbocycles. The molecule has 1 heterocycles. The molecule has 32 heavy (non-hydrogen) atoms. The molecule has 2 N–H and O–H groups in total. The lowest BCUT2D eigenvalue weighted by Crippen LogP contribution is -2.51. The third kappa shape index (κ3) is 6.75. The highest BCUT2D eigenvalue weighted by Crippen LogP contribution is 2.28. The number of nitrogens with zero attached hydrogens (tertiary/aromatic N) is 3. The first kappa shape index (κ1) is 25.3. The van der Waals surface area contributed by atoms with Gasteiger partial charge in [0.15, 0.2) is 5.84 Å². The lowest BCUT2D eigenvalue weighted by atomic mass is 10.1. The summed E-state index contributed by atoms with van der Waals surface area (Å²) in [5, 5.41) is 12.5. The van der Waals surface area contributed by atoms with E-state index in [1.807, 2.05) is 26.0 Å². The van der Waals surface area contributed by atoms with Crippen LogP contribution in [0.1, 0.15) is 32.8 Å². The molecule has 1 fully saturated rings. The van der Waals surface area contributed by atoms with Gasteiger partial charge in [-0.3, -0.25) is 4.79 Å². The zero-order valence-electron chi connectivity index (χ0n) is 18.9. The zero-order valence-corrected chi connectivity index (χ0v) is 18.9. The van der Waals surface area contributed by atoms with E-state index in [4.69, 9.17) is 5.11 Å². The second-order valence-electron chi connectivity index (χ2n) is 7.59. The van der Waals surface area contributed by atoms with Crippen LogP contribution in [0, 0.1) is 0 Å². The number of hydrogen-bond acceptors (Lipinski definition) is 4. The minimum atomic E-state index is -2.89. The second kappa shape index (κ2) is 11.6. The van der Waals surface area contributed by atoms with Gasteiger partial charge in [0.1, 0.15) is 0 Å². The number of benzene rings is 1. The molecule has 1 aliphatic heterocycles. The van der Waals surface area contributed by atoms with Crippen LogP contribution in [0.15, 0.2) is 65.5 Å². The minimum absolute atomic E-state index is 0.0443. The summed E-state index contributed by atoms with van der Waals surface area (Å²) in [5.41, 5.74) is 1.58. The number of halogens is 2. The Hall–Kier alpha value is -3.00. The van der Waals surface area contributed by atoms with Gasteiger partial charge in [0.25, 0.3) is 11.8 Å². The lowest BCUT2D eigenvalue weighted by Gasteiger charge is -2.37. The number of alkyl halides is 2. The molecule has 1 aromatic carbocycles. The first-order valence-electron chi connectivity index (χ1n) is 10.7. The summed E-state index contributed by atoms with van der Waals surface area (Å²) in [7, 11) is 0. The first-order chi connectivity index (χ1) is 15.2. The van der Waals surface area contributed by atoms with Crippen molar-refractivity contribution in [3.8, 4) is 0 Å². The summed E-state index contributed by atoms with van der Waals surface area (Å²) < 4.78 is 27.1. The van der Waals surface area contributed by atoms with E-state index in [9.17, 15) is 13.6 Å². The fourth-order valence-electron chi connectivity index (χ4n) is 3.28. The molecule has 0 radical (unpaired) electrons. The molecule has 1 aromatic rings. The summed E-state index contributed by atoms with van der Waals surface area (Å²) in [6, 6.07) is 6.07. The Morgan fingerprint density at radius 3 is 2.31 bits per heavy atom. The highest BCUT2D eigenvalue weighted by Gasteiger charge is 2.26. The van der Waals surface area contributed by atoms with Gasteiger partial charge in [0.05, 0.1) is 12.3 Å². The van der Waals surface area contributed by atoms with Gasteiger partial charge in [-0.15, -0.1) is 0 Å². The molecule has 1 aliphatic rings. The number of aliphatic imine (C=N–C) groups is 1. The van der Waals surface area contributed by atoms with Crippen molar-refractivity contribution in [2.24, 2.45) is 4.99 Å². The van der Waals surface area contributed by atoms with Crippen LogP contribution in [0.4, 0.5) is 14.5 Å². The monoisotopic (exact) mass is 446 g/mol. The maximum Gasteiger partial charge on any atom is 0.270 e. The molecule has 0 atom stereocenters. The number of rotatable bonds is 8. The maximum atomic E-state index is 13.5. The van der Waals surface area contributed by atoms with Crippen LogP contribution in [0.5, 0.6) is 0 Å². The van der Waals surface area contributed by atoms with E-state index in [0.717, 1.165) is 19.0 Å². The third-order valence-electron chi connectivity index (χ3n) is 5.03. The van der Waals surface area contributed by atoms with Gasteiger partial charge in [-0.1, -0.05) is 37.8 Å². The highest BCUT2D eigenvalue weighted by molar-refractivity contribution is 6.01. The molecular weight excluding hydrogens is 414 g/mol. The Morgan fingerprint density at radius 2 is 1.81 bits per heavy atom. The number of carbonyl (C=O) groups excluding carboxylic acids is 1. The van der Waals surface area contributed by atoms with Gasteiger partial charge in [0, 0.05) is 56.1 Å². The predicted molar refractivity (Wildman–Crippen MR) is 125 cm³/mol. The molecule has 6 nitrogen and oxygen atoms in total. The molecule has 1 amide bonds. The molecule has 0 spiro atoms. The van der Waals surface area contributed by atoms with Gasteiger partial charge in [0.2, 0.25) is 0 Å². The van der Waals surface area contributed by atoms with Gasteiger partial charge < -0.3 is 20.2 Å². The fraction of sp³-hybridized carbons (Fsp3) is 0.417. The van der Waals surface area contributed by atoms with Crippen molar-refractivity contribution >= 4 is 17.4 Å². The van der Waals surface area contributed by atoms with Crippen molar-refractivity contribution in [2.45, 2.75) is 33.1 Å². The van der Waals surface area contributed by atoms with Crippen LogP contribution in [0.3, 0.4) is 0 Å². The smallest absolute Gasteiger partial charge is 0.270 e. The normalized spacial score (nSPS) is 15.9. The predicted octanol–water partition coefficient (Wildman–Crippen LogP) is 4.13. The van der Waals surface area contributed by atoms with Crippen molar-refractivity contribution in [3.05, 3.63) is 66.0 Å². The number of anilines is 1. The molecule has 8 heteroatoms. The topological polar surface area (TPSA) is 68.2 Å². The Kier molecular flexibility index (Phi) is 9.13. The number of carbonyl (C=O) groups is 1. The standard InChI is InChI=1S/C24H32F2N4O2/c1-5-7-21(28-20-10-8-19(9-11-20)24(4,25)26)22(27-12-6-2)29-13-15-30(16-14-29)23(32)18(3)17-31/h6-12,28,31H,3,5,13-17H2,1-2,4H3/b12-6-,21-7-,27-22-. The quantitative estimate of drug-likeness (QED) is 0.358. The minimum Gasteiger partial charge on any atom is -0.391 e. The molecule has 0 bridgehead atoms. The Morgan fingerprint density at radius 1 is 1.22 bits per heavy atom. The number of allylic oxidation sites excluding steroid dienone is 2. The fourth-order valence-corrected chi connectivity index (χ4v) is 3.28. The number of aliphatic hydroxyl groups excluding tert-OH is 1. The van der Waals surface area contributed by atoms with Crippen LogP contribution in [-0.2, 0) is 10.7 Å². The van der Waals surface area contributed by atoms with E-state index >= 15 is 0 Å². The SMILES string of the molecule is C=C(CO)C(=O)N1CCN(C(=N\C=C/C)/C(=C/CC)Nc2ccc(C(C)(F)F)cc2)CC1. The van der Waals surface area contributed by atoms with Gasteiger partial charge in [-0.05, 0) is 25.5 Å². The number of nitrogens with one attached hydrogen (secondary N) is 1. The van der Waals surface area contributed by atoms with E-state index < -0.39 is 5.92 Å². The zero-order chi connectivity index (χ0) is 23.7. The highest BCUT2D eigenvalue weighted by atomic mass is 19.3. The molecule has 0 aromatic heterocycles. The second-order valence-corrected chi connectivity index (χ2v) is 7.59. The van der Waals surface area contributed by atoms with Crippen molar-refractivity contribution in [3.63, 3.8) is 0 Å². The van der Waals surface area contributed by atoms with Gasteiger partial charge in [-0.2, -0.15) is 0 Å². The van der Waals surface area contributed by atoms with Crippen LogP contribution in [0.2, 0.25) is 0 Å². The number of piperazine rings is 1. The van der Waals surface area contributed by atoms with Gasteiger partial charge in [-0.25, -0.2) is 13.8 Å². The number of hydrogen-bond donors (Lipinski definition) is 2. The summed E-state index contributed by atoms with van der Waals surface area (Å²) >= 11 is 0. The van der Waals surface area contributed by atoms with Crippen molar-refractivity contribution in [2.75, 3.05) is 38.1 Å². The molecule has 0 unspecified atom stereocenters. The maximum absolute atomic E-state index is 13.5. The average Bonchev–Trinajstić information content (AvgIpc) is 2.78. The lowest BCUT2D eigenvalue weighted by molar-refractivity contribution is -0.128. The van der Waals surface area contributed by atoms with Crippen molar-refractivity contribution in [1.82, 2.24) is 9.80 Å². The largest absolute Gasteiger partial charge is 0.391 e. The molecular formula is C24H32F2N4O2. The van der Waals surface area contributed by atoms with Crippen LogP contribution >= 0.6 is 0 Å². The molecule has 1 saturated heterocycles. The Bertz CT molecular complexity index is 878. The van der Waals surface area contributed by atoms with E-state index in [2.05, 4.69) is 21.8 Å². The van der Waals surface area contributed by atoms with Crippen LogP contribution in [-0.4, -0.2) is 59.4 Å². The number of aliphatic hydroxyl groups is 1. The summed E-state index contributed by atoms with van der Waals surface area (Å²) in [4.78, 5) is 20.6. The van der Waals surface area contributed by atoms with Crippen molar-refractivity contribution in [1.29, 1.82) is 0 Å². The molecule has 174 valence electrons. The number of amidine groups is 1. The summed E-state index contributed by atoms with van der Waals surface area (Å²) in [5.74, 6) is -2.42. The Balaban J connectivity index is 2.21. The van der Waals surface area contributed by atoms with E-state index in [1.165, 1.54) is 12.1 Å². The summed E-state index contributed by atoms with van der Waals surface area (Å²) in [6.07, 6.45) is 6.27. The Labute approximate surface area is 188 Å². The van der Waals surface area contributed by atoms with E-state index in [1.54, 1.807) is 23.2 Å². The molecule has 2 rings (SSSR count). The summed E-state index contributed by atoms with van der Waals surface area (Å²) in [6.45, 7) is 10.1. The first-order valence-corrected chi connectivity index (χ1v) is 10.7. The van der Waals surface area contributed by atoms with Gasteiger partial charge >= 0.3 is 0 Å². The molecule has 0 aliphatic carbocycles. The van der Waals surface area contributed by atoms with Crippen LogP contribution in [0.25, 0.3) is 0 Å². The third-order valence-corrected chi connectivity index (χ3v) is 5.03. The number of amides is 1. The average molecular weight is 447 g/mol. The van der Waals surface area contributed by atoms with Crippen LogP contribution < -0.4 is 5.32 Å².